The SMILES string of the molecule is CCc1ccc(C(=O)COC(=O)CSc2cnc3ccccc3n2)cc1. The lowest BCUT2D eigenvalue weighted by molar-refractivity contribution is -0.139. The molecule has 0 saturated heterocycles. The van der Waals surface area contributed by atoms with Crippen LogP contribution >= 0.6 is 11.8 Å². The number of ether oxygens (including phenoxy) is 1. The summed E-state index contributed by atoms with van der Waals surface area (Å²) < 4.78 is 5.07. The number of thioether (sulfide) groups is 1. The molecule has 2 aromatic carbocycles. The van der Waals surface area contributed by atoms with Gasteiger partial charge in [0, 0.05) is 5.56 Å². The number of Topliss-reactive ketones (excluding diaryl/α,β-unsaturated/α-hetero) is 1. The van der Waals surface area contributed by atoms with Gasteiger partial charge in [-0.1, -0.05) is 55.1 Å². The van der Waals surface area contributed by atoms with Crippen molar-refractivity contribution in [2.45, 2.75) is 18.4 Å². The van der Waals surface area contributed by atoms with E-state index in [0.717, 1.165) is 23.0 Å². The molecule has 3 rings (SSSR count). The van der Waals surface area contributed by atoms with Crippen LogP contribution in [0.25, 0.3) is 11.0 Å². The molecule has 6 heteroatoms. The van der Waals surface area contributed by atoms with Gasteiger partial charge in [-0.25, -0.2) is 4.98 Å². The molecule has 0 atom stereocenters. The number of para-hydroxylation sites is 2. The van der Waals surface area contributed by atoms with Gasteiger partial charge < -0.3 is 4.74 Å². The van der Waals surface area contributed by atoms with Crippen molar-refractivity contribution in [2.75, 3.05) is 12.4 Å². The van der Waals surface area contributed by atoms with E-state index in [1.807, 2.05) is 36.4 Å². The zero-order valence-corrected chi connectivity index (χ0v) is 15.2. The van der Waals surface area contributed by atoms with Crippen LogP contribution in [0.2, 0.25) is 0 Å². The van der Waals surface area contributed by atoms with Gasteiger partial charge in [-0.3, -0.25) is 14.6 Å². The summed E-state index contributed by atoms with van der Waals surface area (Å²) in [6, 6.07) is 14.9. The molecular formula is C20H18N2O3S. The Morgan fingerprint density at radius 3 is 2.50 bits per heavy atom. The molecule has 5 nitrogen and oxygen atoms in total. The Morgan fingerprint density at radius 1 is 1.04 bits per heavy atom. The average Bonchev–Trinajstić information content (AvgIpc) is 2.70. The molecule has 132 valence electrons. The summed E-state index contributed by atoms with van der Waals surface area (Å²) in [4.78, 5) is 32.7. The first-order valence-corrected chi connectivity index (χ1v) is 9.26. The number of esters is 1. The van der Waals surface area contributed by atoms with Crippen LogP contribution in [0.5, 0.6) is 0 Å². The predicted molar refractivity (Wildman–Crippen MR) is 101 cm³/mol. The number of benzene rings is 2. The lowest BCUT2D eigenvalue weighted by atomic mass is 10.1. The van der Waals surface area contributed by atoms with E-state index >= 15 is 0 Å². The van der Waals surface area contributed by atoms with Gasteiger partial charge in [0.15, 0.2) is 12.4 Å². The first-order chi connectivity index (χ1) is 12.7. The van der Waals surface area contributed by atoms with Crippen LogP contribution in [0.3, 0.4) is 0 Å². The Hall–Kier alpha value is -2.73. The van der Waals surface area contributed by atoms with Gasteiger partial charge in [-0.05, 0) is 24.1 Å². The molecule has 0 bridgehead atoms. The van der Waals surface area contributed by atoms with Crippen molar-refractivity contribution in [1.82, 2.24) is 9.97 Å². The van der Waals surface area contributed by atoms with E-state index in [4.69, 9.17) is 4.74 Å². The molecule has 0 aliphatic heterocycles. The minimum Gasteiger partial charge on any atom is -0.457 e. The van der Waals surface area contributed by atoms with Crippen LogP contribution in [0.15, 0.2) is 59.8 Å². The van der Waals surface area contributed by atoms with Crippen LogP contribution in [0, 0.1) is 0 Å². The third kappa shape index (κ3) is 4.67. The Balaban J connectivity index is 1.49. The number of ketones is 1. The maximum atomic E-state index is 12.1. The minimum atomic E-state index is -0.455. The zero-order chi connectivity index (χ0) is 18.4. The highest BCUT2D eigenvalue weighted by Crippen LogP contribution is 2.18. The van der Waals surface area contributed by atoms with Crippen LogP contribution in [0.1, 0.15) is 22.8 Å². The first kappa shape index (κ1) is 18.1. The monoisotopic (exact) mass is 366 g/mol. The van der Waals surface area contributed by atoms with Crippen molar-refractivity contribution < 1.29 is 14.3 Å². The molecule has 3 aromatic rings. The molecule has 0 aliphatic rings. The Kier molecular flexibility index (Phi) is 5.96. The smallest absolute Gasteiger partial charge is 0.316 e. The summed E-state index contributed by atoms with van der Waals surface area (Å²) in [5.74, 6) is -0.588. The Bertz CT molecular complexity index is 926. The number of carbonyl (C=O) groups is 2. The predicted octanol–water partition coefficient (Wildman–Crippen LogP) is 3.71. The van der Waals surface area contributed by atoms with Gasteiger partial charge in [0.25, 0.3) is 0 Å². The van der Waals surface area contributed by atoms with Crippen molar-refractivity contribution in [3.05, 3.63) is 65.9 Å². The summed E-state index contributed by atoms with van der Waals surface area (Å²) in [5, 5.41) is 0.641. The lowest BCUT2D eigenvalue weighted by Crippen LogP contribution is -2.15. The molecule has 0 unspecified atom stereocenters. The van der Waals surface area contributed by atoms with Crippen molar-refractivity contribution in [3.8, 4) is 0 Å². The molecule has 0 spiro atoms. The Morgan fingerprint density at radius 2 is 1.77 bits per heavy atom. The van der Waals surface area contributed by atoms with Gasteiger partial charge in [-0.2, -0.15) is 0 Å². The average molecular weight is 366 g/mol. The molecule has 0 amide bonds. The van der Waals surface area contributed by atoms with Crippen molar-refractivity contribution in [2.24, 2.45) is 0 Å². The summed E-state index contributed by atoms with van der Waals surface area (Å²) in [6.07, 6.45) is 2.54. The molecule has 1 aromatic heterocycles. The fourth-order valence-electron chi connectivity index (χ4n) is 2.34. The van der Waals surface area contributed by atoms with Gasteiger partial charge in [0.05, 0.1) is 23.0 Å². The molecule has 0 radical (unpaired) electrons. The van der Waals surface area contributed by atoms with E-state index in [-0.39, 0.29) is 18.1 Å². The molecule has 1 heterocycles. The maximum absolute atomic E-state index is 12.1. The second kappa shape index (κ2) is 8.58. The van der Waals surface area contributed by atoms with Crippen LogP contribution in [-0.2, 0) is 16.0 Å². The van der Waals surface area contributed by atoms with E-state index in [0.29, 0.717) is 10.6 Å². The van der Waals surface area contributed by atoms with E-state index in [1.54, 1.807) is 18.3 Å². The molecule has 0 fully saturated rings. The lowest BCUT2D eigenvalue weighted by Gasteiger charge is -2.05. The van der Waals surface area contributed by atoms with Crippen molar-refractivity contribution >= 4 is 34.5 Å². The second-order valence-electron chi connectivity index (χ2n) is 5.62. The largest absolute Gasteiger partial charge is 0.457 e. The number of carbonyl (C=O) groups excluding carboxylic acids is 2. The van der Waals surface area contributed by atoms with Gasteiger partial charge in [-0.15, -0.1) is 0 Å². The normalized spacial score (nSPS) is 10.7. The zero-order valence-electron chi connectivity index (χ0n) is 14.3. The van der Waals surface area contributed by atoms with Gasteiger partial charge in [0.2, 0.25) is 0 Å². The van der Waals surface area contributed by atoms with Crippen LogP contribution in [-0.4, -0.2) is 34.1 Å². The molecule has 0 aliphatic carbocycles. The van der Waals surface area contributed by atoms with E-state index < -0.39 is 5.97 Å². The second-order valence-corrected chi connectivity index (χ2v) is 6.62. The first-order valence-electron chi connectivity index (χ1n) is 8.28. The highest BCUT2D eigenvalue weighted by Gasteiger charge is 2.11. The Labute approximate surface area is 155 Å². The summed E-state index contributed by atoms with van der Waals surface area (Å²) in [5.41, 5.74) is 3.28. The third-order valence-corrected chi connectivity index (χ3v) is 4.69. The fourth-order valence-corrected chi connectivity index (χ4v) is 2.98. The number of rotatable bonds is 7. The molecule has 0 saturated carbocycles. The number of fused-ring (bicyclic) bond motifs is 1. The van der Waals surface area contributed by atoms with Crippen LogP contribution in [0.4, 0.5) is 0 Å². The highest BCUT2D eigenvalue weighted by atomic mass is 32.2. The van der Waals surface area contributed by atoms with Crippen molar-refractivity contribution in [3.63, 3.8) is 0 Å². The quantitative estimate of drug-likeness (QED) is 0.361. The summed E-state index contributed by atoms with van der Waals surface area (Å²) in [7, 11) is 0. The van der Waals surface area contributed by atoms with Crippen LogP contribution < -0.4 is 0 Å². The fraction of sp³-hybridized carbons (Fsp3) is 0.200. The van der Waals surface area contributed by atoms with E-state index in [1.165, 1.54) is 11.8 Å². The third-order valence-electron chi connectivity index (χ3n) is 3.81. The standard InChI is InChI=1S/C20H18N2O3S/c1-2-14-7-9-15(10-8-14)18(23)12-25-20(24)13-26-19-11-21-16-5-3-4-6-17(16)22-19/h3-11H,2,12-13H2,1H3. The molecule has 26 heavy (non-hydrogen) atoms. The van der Waals surface area contributed by atoms with E-state index in [2.05, 4.69) is 16.9 Å². The van der Waals surface area contributed by atoms with Gasteiger partial charge >= 0.3 is 5.97 Å². The van der Waals surface area contributed by atoms with E-state index in [9.17, 15) is 9.59 Å². The van der Waals surface area contributed by atoms with Crippen molar-refractivity contribution in [1.29, 1.82) is 0 Å². The number of hydrogen-bond acceptors (Lipinski definition) is 6. The number of aryl methyl sites for hydroxylation is 1. The minimum absolute atomic E-state index is 0.0784. The number of hydrogen-bond donors (Lipinski definition) is 0. The highest BCUT2D eigenvalue weighted by molar-refractivity contribution is 7.99. The molecular weight excluding hydrogens is 348 g/mol. The number of nitrogens with zero attached hydrogens (tertiary/aromatic N) is 2. The maximum Gasteiger partial charge on any atom is 0.316 e. The topological polar surface area (TPSA) is 69.2 Å². The van der Waals surface area contributed by atoms with Gasteiger partial charge in [0.1, 0.15) is 5.03 Å². The number of aromatic nitrogens is 2. The molecule has 0 N–H and O–H groups in total. The summed E-state index contributed by atoms with van der Waals surface area (Å²) >= 11 is 1.24. The summed E-state index contributed by atoms with van der Waals surface area (Å²) in [6.45, 7) is 1.80.